The molecule has 0 spiro atoms. The van der Waals surface area contributed by atoms with E-state index in [4.69, 9.17) is 30.5 Å². The number of ether oxygens (including phenoxy) is 4. The molecule has 2 aliphatic heterocycles. The first-order valence-corrected chi connectivity index (χ1v) is 10.2. The van der Waals surface area contributed by atoms with Gasteiger partial charge in [-0.1, -0.05) is 41.9 Å². The molecule has 1 saturated heterocycles. The van der Waals surface area contributed by atoms with Crippen LogP contribution in [0.5, 0.6) is 11.5 Å². The Balaban J connectivity index is 1.38. The molecule has 0 unspecified atom stereocenters. The zero-order chi connectivity index (χ0) is 21.4. The van der Waals surface area contributed by atoms with Crippen molar-refractivity contribution in [1.82, 2.24) is 0 Å². The molecule has 0 saturated carbocycles. The molecule has 0 aliphatic carbocycles. The number of benzene rings is 3. The third-order valence-corrected chi connectivity index (χ3v) is 5.42. The number of rotatable bonds is 6. The van der Waals surface area contributed by atoms with Crippen LogP contribution in [-0.4, -0.2) is 18.7 Å². The van der Waals surface area contributed by atoms with E-state index in [-0.39, 0.29) is 24.7 Å². The van der Waals surface area contributed by atoms with Crippen LogP contribution in [-0.2, 0) is 22.7 Å². The van der Waals surface area contributed by atoms with Crippen molar-refractivity contribution in [2.24, 2.45) is 0 Å². The quantitative estimate of drug-likeness (QED) is 0.387. The predicted octanol–water partition coefficient (Wildman–Crippen LogP) is 5.25. The zero-order valence-corrected chi connectivity index (χ0v) is 17.1. The van der Waals surface area contributed by atoms with Gasteiger partial charge in [0.2, 0.25) is 0 Å². The summed E-state index contributed by atoms with van der Waals surface area (Å²) in [6.45, 7) is 0.751. The Hall–Kier alpha value is -2.93. The SMILES string of the molecule is O=C(c1cc(F)ccc1OCc1ccccc1)[C@@H]1O[C@@H]1c1cc(Cl)cc2c1OCOC2. The first-order valence-electron chi connectivity index (χ1n) is 9.79. The average molecular weight is 441 g/mol. The highest BCUT2D eigenvalue weighted by Gasteiger charge is 2.49. The van der Waals surface area contributed by atoms with Gasteiger partial charge in [-0.2, -0.15) is 0 Å². The number of carbonyl (C=O) groups excluding carboxylic acids is 1. The summed E-state index contributed by atoms with van der Waals surface area (Å²) in [6.07, 6.45) is -1.29. The number of halogens is 2. The average Bonchev–Trinajstić information content (AvgIpc) is 3.58. The monoisotopic (exact) mass is 440 g/mol. The Labute approximate surface area is 183 Å². The molecular formula is C24H18ClFO5. The summed E-state index contributed by atoms with van der Waals surface area (Å²) in [6, 6.07) is 16.9. The van der Waals surface area contributed by atoms with Crippen molar-refractivity contribution < 1.29 is 28.1 Å². The minimum absolute atomic E-state index is 0.119. The number of fused-ring (bicyclic) bond motifs is 1. The summed E-state index contributed by atoms with van der Waals surface area (Å²) in [4.78, 5) is 13.2. The maximum absolute atomic E-state index is 14.0. The van der Waals surface area contributed by atoms with Crippen LogP contribution in [0.3, 0.4) is 0 Å². The van der Waals surface area contributed by atoms with Crippen molar-refractivity contribution in [3.8, 4) is 11.5 Å². The fourth-order valence-corrected chi connectivity index (χ4v) is 3.93. The van der Waals surface area contributed by atoms with Gasteiger partial charge in [-0.05, 0) is 35.9 Å². The van der Waals surface area contributed by atoms with Crippen LogP contribution >= 0.6 is 11.6 Å². The summed E-state index contributed by atoms with van der Waals surface area (Å²) in [5, 5.41) is 0.502. The number of hydrogen-bond acceptors (Lipinski definition) is 5. The van der Waals surface area contributed by atoms with E-state index in [9.17, 15) is 9.18 Å². The van der Waals surface area contributed by atoms with Gasteiger partial charge >= 0.3 is 0 Å². The lowest BCUT2D eigenvalue weighted by Crippen LogP contribution is -2.15. The summed E-state index contributed by atoms with van der Waals surface area (Å²) in [5.74, 6) is 0.0552. The van der Waals surface area contributed by atoms with Crippen molar-refractivity contribution in [2.75, 3.05) is 6.79 Å². The third kappa shape index (κ3) is 4.14. The highest BCUT2D eigenvalue weighted by molar-refractivity contribution is 6.30. The van der Waals surface area contributed by atoms with E-state index in [2.05, 4.69) is 0 Å². The Morgan fingerprint density at radius 3 is 2.81 bits per heavy atom. The maximum atomic E-state index is 14.0. The van der Waals surface area contributed by atoms with Crippen LogP contribution in [0, 0.1) is 5.82 Å². The van der Waals surface area contributed by atoms with Crippen LogP contribution in [0.2, 0.25) is 5.02 Å². The van der Waals surface area contributed by atoms with E-state index in [1.54, 1.807) is 12.1 Å². The van der Waals surface area contributed by atoms with E-state index >= 15 is 0 Å². The summed E-state index contributed by atoms with van der Waals surface area (Å²) in [5.41, 5.74) is 2.57. The predicted molar refractivity (Wildman–Crippen MR) is 111 cm³/mol. The van der Waals surface area contributed by atoms with Crippen LogP contribution in [0.4, 0.5) is 4.39 Å². The van der Waals surface area contributed by atoms with Crippen molar-refractivity contribution in [1.29, 1.82) is 0 Å². The number of carbonyl (C=O) groups is 1. The van der Waals surface area contributed by atoms with Gasteiger partial charge in [-0.25, -0.2) is 4.39 Å². The van der Waals surface area contributed by atoms with Gasteiger partial charge in [0.25, 0.3) is 0 Å². The molecule has 0 aromatic heterocycles. The Bertz CT molecular complexity index is 1130. The Kier molecular flexibility index (Phi) is 5.36. The van der Waals surface area contributed by atoms with Crippen LogP contribution in [0.25, 0.3) is 0 Å². The Morgan fingerprint density at radius 2 is 1.97 bits per heavy atom. The molecule has 158 valence electrons. The fourth-order valence-electron chi connectivity index (χ4n) is 3.68. The maximum Gasteiger partial charge on any atom is 0.198 e. The molecule has 3 aromatic carbocycles. The van der Waals surface area contributed by atoms with Gasteiger partial charge in [0.15, 0.2) is 18.7 Å². The second kappa shape index (κ2) is 8.30. The molecule has 2 heterocycles. The number of ketones is 1. The van der Waals surface area contributed by atoms with Gasteiger partial charge in [0, 0.05) is 16.1 Å². The molecule has 7 heteroatoms. The molecular weight excluding hydrogens is 423 g/mol. The highest BCUT2D eigenvalue weighted by atomic mass is 35.5. The molecule has 2 aliphatic rings. The van der Waals surface area contributed by atoms with E-state index in [0.717, 1.165) is 11.1 Å². The van der Waals surface area contributed by atoms with Crippen LogP contribution < -0.4 is 9.47 Å². The van der Waals surface area contributed by atoms with Crippen molar-refractivity contribution in [3.05, 3.63) is 93.8 Å². The molecule has 31 heavy (non-hydrogen) atoms. The first-order chi connectivity index (χ1) is 15.1. The molecule has 0 radical (unpaired) electrons. The summed E-state index contributed by atoms with van der Waals surface area (Å²) >= 11 is 6.22. The Morgan fingerprint density at radius 1 is 1.13 bits per heavy atom. The molecule has 0 amide bonds. The lowest BCUT2D eigenvalue weighted by molar-refractivity contribution is -0.0172. The van der Waals surface area contributed by atoms with Crippen molar-refractivity contribution >= 4 is 17.4 Å². The highest BCUT2D eigenvalue weighted by Crippen LogP contribution is 2.48. The van der Waals surface area contributed by atoms with E-state index in [1.807, 2.05) is 30.3 Å². The fraction of sp³-hybridized carbons (Fsp3) is 0.208. The smallest absolute Gasteiger partial charge is 0.198 e. The lowest BCUT2D eigenvalue weighted by Gasteiger charge is -2.20. The standard InChI is InChI=1S/C24H18ClFO5/c25-16-8-15-12-28-13-30-22(15)19(9-16)23-24(31-23)21(27)18-10-17(26)6-7-20(18)29-11-14-4-2-1-3-5-14/h1-10,23-24H,11-13H2/t23-,24+/m1/s1. The van der Waals surface area contributed by atoms with Crippen LogP contribution in [0.15, 0.2) is 60.7 Å². The summed E-state index contributed by atoms with van der Waals surface area (Å²) in [7, 11) is 0. The second-order valence-electron chi connectivity index (χ2n) is 7.35. The summed E-state index contributed by atoms with van der Waals surface area (Å²) < 4.78 is 36.4. The molecule has 3 aromatic rings. The van der Waals surface area contributed by atoms with Gasteiger partial charge in [-0.3, -0.25) is 4.79 Å². The molecule has 5 nitrogen and oxygen atoms in total. The van der Waals surface area contributed by atoms with Gasteiger partial charge in [0.05, 0.1) is 12.2 Å². The largest absolute Gasteiger partial charge is 0.488 e. The van der Waals surface area contributed by atoms with Crippen molar-refractivity contribution in [2.45, 2.75) is 25.4 Å². The topological polar surface area (TPSA) is 57.3 Å². The minimum atomic E-state index is -0.769. The van der Waals surface area contributed by atoms with E-state index < -0.39 is 18.0 Å². The van der Waals surface area contributed by atoms with E-state index in [0.29, 0.717) is 28.7 Å². The minimum Gasteiger partial charge on any atom is -0.488 e. The number of hydrogen-bond donors (Lipinski definition) is 0. The number of epoxide rings is 1. The molecule has 1 fully saturated rings. The van der Waals surface area contributed by atoms with E-state index in [1.165, 1.54) is 18.2 Å². The van der Waals surface area contributed by atoms with Crippen LogP contribution in [0.1, 0.15) is 33.2 Å². The molecule has 2 atom stereocenters. The van der Waals surface area contributed by atoms with Gasteiger partial charge in [-0.15, -0.1) is 0 Å². The van der Waals surface area contributed by atoms with Gasteiger partial charge < -0.3 is 18.9 Å². The molecule has 5 rings (SSSR count). The molecule has 0 bridgehead atoms. The first kappa shape index (κ1) is 20.0. The van der Waals surface area contributed by atoms with Crippen molar-refractivity contribution in [3.63, 3.8) is 0 Å². The van der Waals surface area contributed by atoms with Gasteiger partial charge in [0.1, 0.15) is 30.0 Å². The zero-order valence-electron chi connectivity index (χ0n) is 16.3. The third-order valence-electron chi connectivity index (χ3n) is 5.20. The molecule has 0 N–H and O–H groups in total. The normalized spacial score (nSPS) is 19.3. The lowest BCUT2D eigenvalue weighted by atomic mass is 9.99. The second-order valence-corrected chi connectivity index (χ2v) is 7.79. The number of Topliss-reactive ketones (excluding diaryl/α,β-unsaturated/α-hetero) is 1.